The average molecular weight is 504 g/mol. The number of benzene rings is 3. The summed E-state index contributed by atoms with van der Waals surface area (Å²) in [5.41, 5.74) is 3.59. The maximum Gasteiger partial charge on any atom is 0.411 e. The number of aliphatic hydroxyl groups is 1. The largest absolute Gasteiger partial charge is 0.497 e. The molecular weight excluding hydrogens is 466 g/mol. The van der Waals surface area contributed by atoms with Gasteiger partial charge in [-0.15, -0.1) is 0 Å². The molecule has 0 spiro atoms. The molecule has 0 radical (unpaired) electrons. The molecule has 4 rings (SSSR count). The van der Waals surface area contributed by atoms with Crippen LogP contribution >= 0.6 is 0 Å². The van der Waals surface area contributed by atoms with Crippen LogP contribution in [-0.4, -0.2) is 43.0 Å². The van der Waals surface area contributed by atoms with Crippen molar-refractivity contribution in [1.82, 2.24) is 4.90 Å². The van der Waals surface area contributed by atoms with Crippen molar-refractivity contribution < 1.29 is 24.1 Å². The zero-order chi connectivity index (χ0) is 26.1. The fourth-order valence-electron chi connectivity index (χ4n) is 4.93. The number of carbonyl (C=O) groups excluding carboxylic acids is 1. The number of aliphatic hydroxyl groups excluding tert-OH is 1. The first-order valence-electron chi connectivity index (χ1n) is 13.0. The molecule has 0 bridgehead atoms. The highest BCUT2D eigenvalue weighted by atomic mass is 16.6. The summed E-state index contributed by atoms with van der Waals surface area (Å²) in [4.78, 5) is 15.1. The Kier molecular flexibility index (Phi) is 9.20. The van der Waals surface area contributed by atoms with E-state index < -0.39 is 5.60 Å². The molecule has 1 N–H and O–H groups in total. The molecule has 0 aliphatic carbocycles. The van der Waals surface area contributed by atoms with E-state index in [1.54, 1.807) is 7.11 Å². The third-order valence-electron chi connectivity index (χ3n) is 7.20. The van der Waals surface area contributed by atoms with Crippen molar-refractivity contribution in [2.24, 2.45) is 0 Å². The zero-order valence-corrected chi connectivity index (χ0v) is 21.8. The fourth-order valence-corrected chi connectivity index (χ4v) is 4.93. The van der Waals surface area contributed by atoms with Gasteiger partial charge in [-0.3, -0.25) is 0 Å². The van der Waals surface area contributed by atoms with Crippen molar-refractivity contribution in [3.05, 3.63) is 101 Å². The summed E-state index contributed by atoms with van der Waals surface area (Å²) in [5.74, 6) is 0.828. The van der Waals surface area contributed by atoms with Crippen LogP contribution in [0.5, 0.6) is 5.75 Å². The molecule has 2 atom stereocenters. The standard InChI is InChI=1S/C31H37NO5/c1-24(27-13-9-25(10-14-27)17-21-33)32-20-19-31(37-30(32)34,28-7-4-3-5-8-28)18-6-22-36-23-26-11-15-29(35-2)16-12-26/h3-5,7-16,24,33H,6,17-23H2,1-2H3/t24-,31?/m0/s1. The van der Waals surface area contributed by atoms with Crippen LogP contribution in [0.2, 0.25) is 0 Å². The minimum Gasteiger partial charge on any atom is -0.497 e. The third-order valence-corrected chi connectivity index (χ3v) is 7.20. The predicted molar refractivity (Wildman–Crippen MR) is 143 cm³/mol. The van der Waals surface area contributed by atoms with Crippen LogP contribution in [0.3, 0.4) is 0 Å². The number of amides is 1. The van der Waals surface area contributed by atoms with E-state index in [0.29, 0.717) is 39.0 Å². The van der Waals surface area contributed by atoms with Crippen LogP contribution in [0.25, 0.3) is 0 Å². The van der Waals surface area contributed by atoms with Gasteiger partial charge in [0.15, 0.2) is 0 Å². The second-order valence-electron chi connectivity index (χ2n) is 9.57. The Hall–Kier alpha value is -3.35. The lowest BCUT2D eigenvalue weighted by molar-refractivity contribution is -0.0695. The van der Waals surface area contributed by atoms with Crippen molar-refractivity contribution in [3.63, 3.8) is 0 Å². The molecule has 6 nitrogen and oxygen atoms in total. The molecule has 3 aromatic rings. The lowest BCUT2D eigenvalue weighted by Gasteiger charge is -2.43. The van der Waals surface area contributed by atoms with E-state index >= 15 is 0 Å². The van der Waals surface area contributed by atoms with Crippen molar-refractivity contribution in [1.29, 1.82) is 0 Å². The Bertz CT molecular complexity index is 1120. The van der Waals surface area contributed by atoms with E-state index in [1.807, 2.05) is 90.7 Å². The highest BCUT2D eigenvalue weighted by molar-refractivity contribution is 5.70. The Labute approximate surface area is 219 Å². The molecule has 3 aromatic carbocycles. The van der Waals surface area contributed by atoms with Gasteiger partial charge in [0.1, 0.15) is 11.4 Å². The number of hydrogen-bond donors (Lipinski definition) is 1. The Morgan fingerprint density at radius 1 is 1.00 bits per heavy atom. The van der Waals surface area contributed by atoms with Gasteiger partial charge in [-0.2, -0.15) is 0 Å². The molecule has 1 saturated heterocycles. The topological polar surface area (TPSA) is 68.2 Å². The van der Waals surface area contributed by atoms with Gasteiger partial charge in [-0.05, 0) is 60.6 Å². The maximum absolute atomic E-state index is 13.3. The van der Waals surface area contributed by atoms with Crippen LogP contribution in [0.15, 0.2) is 78.9 Å². The van der Waals surface area contributed by atoms with E-state index in [0.717, 1.165) is 34.4 Å². The Morgan fingerprint density at radius 3 is 2.35 bits per heavy atom. The van der Waals surface area contributed by atoms with Crippen molar-refractivity contribution >= 4 is 6.09 Å². The van der Waals surface area contributed by atoms with Gasteiger partial charge in [0.05, 0.1) is 19.8 Å². The lowest BCUT2D eigenvalue weighted by Crippen LogP contribution is -2.48. The van der Waals surface area contributed by atoms with E-state index in [-0.39, 0.29) is 18.7 Å². The highest BCUT2D eigenvalue weighted by Gasteiger charge is 2.43. The minimum atomic E-state index is -0.664. The Balaban J connectivity index is 1.37. The number of cyclic esters (lactones) is 1. The maximum atomic E-state index is 13.3. The lowest BCUT2D eigenvalue weighted by atomic mass is 9.84. The molecule has 196 valence electrons. The molecule has 1 unspecified atom stereocenters. The Morgan fingerprint density at radius 2 is 1.70 bits per heavy atom. The number of carbonyl (C=O) groups is 1. The first kappa shape index (κ1) is 26.7. The van der Waals surface area contributed by atoms with Crippen LogP contribution in [0, 0.1) is 0 Å². The molecule has 6 heteroatoms. The van der Waals surface area contributed by atoms with Crippen molar-refractivity contribution in [3.8, 4) is 5.75 Å². The number of nitrogens with zero attached hydrogens (tertiary/aromatic N) is 1. The van der Waals surface area contributed by atoms with Crippen LogP contribution in [0.1, 0.15) is 54.5 Å². The van der Waals surface area contributed by atoms with Gasteiger partial charge >= 0.3 is 6.09 Å². The normalized spacial score (nSPS) is 18.4. The second-order valence-corrected chi connectivity index (χ2v) is 9.57. The molecule has 0 saturated carbocycles. The summed E-state index contributed by atoms with van der Waals surface area (Å²) >= 11 is 0. The predicted octanol–water partition coefficient (Wildman–Crippen LogP) is 6.03. The van der Waals surface area contributed by atoms with E-state index in [2.05, 4.69) is 0 Å². The van der Waals surface area contributed by atoms with Crippen LogP contribution < -0.4 is 4.74 Å². The quantitative estimate of drug-likeness (QED) is 0.306. The van der Waals surface area contributed by atoms with Gasteiger partial charge < -0.3 is 24.2 Å². The number of hydrogen-bond acceptors (Lipinski definition) is 5. The van der Waals surface area contributed by atoms with Gasteiger partial charge in [0.25, 0.3) is 0 Å². The number of methoxy groups -OCH3 is 1. The monoisotopic (exact) mass is 503 g/mol. The fraction of sp³-hybridized carbons (Fsp3) is 0.387. The smallest absolute Gasteiger partial charge is 0.411 e. The summed E-state index contributed by atoms with van der Waals surface area (Å²) in [5, 5.41) is 9.16. The van der Waals surface area contributed by atoms with Gasteiger partial charge in [-0.1, -0.05) is 66.7 Å². The van der Waals surface area contributed by atoms with Gasteiger partial charge in [0.2, 0.25) is 0 Å². The summed E-state index contributed by atoms with van der Waals surface area (Å²) in [6.45, 7) is 3.88. The van der Waals surface area contributed by atoms with E-state index in [4.69, 9.17) is 19.3 Å². The molecule has 1 heterocycles. The van der Waals surface area contributed by atoms with E-state index in [1.165, 1.54) is 0 Å². The summed E-state index contributed by atoms with van der Waals surface area (Å²) in [6, 6.07) is 25.9. The van der Waals surface area contributed by atoms with Crippen molar-refractivity contribution in [2.75, 3.05) is 26.9 Å². The van der Waals surface area contributed by atoms with Gasteiger partial charge in [-0.25, -0.2) is 4.79 Å². The molecule has 1 fully saturated rings. The molecule has 1 aliphatic rings. The van der Waals surface area contributed by atoms with Gasteiger partial charge in [0, 0.05) is 26.2 Å². The SMILES string of the molecule is COc1ccc(COCCCC2(c3ccccc3)CCN([C@@H](C)c3ccc(CCO)cc3)C(=O)O2)cc1. The zero-order valence-electron chi connectivity index (χ0n) is 21.8. The van der Waals surface area contributed by atoms with Crippen LogP contribution in [0.4, 0.5) is 4.79 Å². The highest BCUT2D eigenvalue weighted by Crippen LogP contribution is 2.40. The van der Waals surface area contributed by atoms with Crippen molar-refractivity contribution in [2.45, 2.75) is 50.9 Å². The molecule has 0 aromatic heterocycles. The average Bonchev–Trinajstić information content (AvgIpc) is 2.94. The summed E-state index contributed by atoms with van der Waals surface area (Å²) in [7, 11) is 1.66. The number of ether oxygens (including phenoxy) is 3. The first-order chi connectivity index (χ1) is 18.0. The second kappa shape index (κ2) is 12.7. The van der Waals surface area contributed by atoms with E-state index in [9.17, 15) is 4.79 Å². The minimum absolute atomic E-state index is 0.0997. The molecule has 1 aliphatic heterocycles. The van der Waals surface area contributed by atoms with Crippen LogP contribution in [-0.2, 0) is 28.1 Å². The third kappa shape index (κ3) is 6.70. The molecular formula is C31H37NO5. The molecule has 1 amide bonds. The first-order valence-corrected chi connectivity index (χ1v) is 13.0. The number of rotatable bonds is 12. The summed E-state index contributed by atoms with van der Waals surface area (Å²) < 4.78 is 17.4. The molecule has 37 heavy (non-hydrogen) atoms. The summed E-state index contributed by atoms with van der Waals surface area (Å²) in [6.07, 6.45) is 2.53.